The molecule has 0 bridgehead atoms. The summed E-state index contributed by atoms with van der Waals surface area (Å²) in [5.41, 5.74) is 3.21. The molecule has 1 atom stereocenters. The highest BCUT2D eigenvalue weighted by Crippen LogP contribution is 2.25. The largest absolute Gasteiger partial charge is 0.465 e. The molecule has 0 aromatic heterocycles. The molecule has 0 radical (unpaired) electrons. The molecule has 0 saturated carbocycles. The summed E-state index contributed by atoms with van der Waals surface area (Å²) < 4.78 is 4.97. The highest BCUT2D eigenvalue weighted by molar-refractivity contribution is 6.36. The molecule has 0 aliphatic carbocycles. The lowest BCUT2D eigenvalue weighted by Crippen LogP contribution is -2.27. The van der Waals surface area contributed by atoms with Crippen LogP contribution in [0.1, 0.15) is 40.0 Å². The number of carbonyl (C=O) groups is 3. The Balaban J connectivity index is 2.49. The number of rotatable bonds is 9. The fourth-order valence-electron chi connectivity index (χ4n) is 2.19. The van der Waals surface area contributed by atoms with E-state index in [1.54, 1.807) is 26.0 Å². The molecule has 0 aliphatic rings. The van der Waals surface area contributed by atoms with Gasteiger partial charge in [-0.25, -0.2) is 5.43 Å². The van der Waals surface area contributed by atoms with Crippen LogP contribution in [0.2, 0.25) is 10.0 Å². The van der Waals surface area contributed by atoms with Crippen LogP contribution < -0.4 is 10.7 Å². The van der Waals surface area contributed by atoms with Crippen molar-refractivity contribution in [3.63, 3.8) is 0 Å². The minimum Gasteiger partial charge on any atom is -0.465 e. The SMILES string of the molecule is CCOC(=O)C(CC)C(C)=NNC(=O)CCC(=O)Nc1ccc(Cl)cc1Cl. The van der Waals surface area contributed by atoms with Gasteiger partial charge in [0.1, 0.15) is 0 Å². The molecule has 1 rings (SSSR count). The van der Waals surface area contributed by atoms with E-state index in [-0.39, 0.29) is 31.3 Å². The number of amides is 2. The molecule has 148 valence electrons. The third kappa shape index (κ3) is 7.97. The Morgan fingerprint density at radius 2 is 1.81 bits per heavy atom. The molecule has 2 N–H and O–H groups in total. The smallest absolute Gasteiger partial charge is 0.314 e. The van der Waals surface area contributed by atoms with Crippen LogP contribution in [0.4, 0.5) is 5.69 Å². The van der Waals surface area contributed by atoms with Crippen LogP contribution in [0.25, 0.3) is 0 Å². The van der Waals surface area contributed by atoms with Gasteiger partial charge >= 0.3 is 5.97 Å². The van der Waals surface area contributed by atoms with E-state index < -0.39 is 11.8 Å². The Bertz CT molecular complexity index is 723. The van der Waals surface area contributed by atoms with Crippen molar-refractivity contribution in [2.75, 3.05) is 11.9 Å². The zero-order chi connectivity index (χ0) is 20.4. The third-order valence-electron chi connectivity index (χ3n) is 3.62. The van der Waals surface area contributed by atoms with Gasteiger partial charge in [0, 0.05) is 23.6 Å². The molecule has 0 heterocycles. The van der Waals surface area contributed by atoms with Crippen LogP contribution in [0, 0.1) is 5.92 Å². The molecule has 0 fully saturated rings. The predicted molar refractivity (Wildman–Crippen MR) is 106 cm³/mol. The molecule has 1 aromatic rings. The summed E-state index contributed by atoms with van der Waals surface area (Å²) in [6, 6.07) is 4.69. The number of hydrogen-bond donors (Lipinski definition) is 2. The second-order valence-corrected chi connectivity index (χ2v) is 6.52. The topological polar surface area (TPSA) is 96.9 Å². The molecule has 0 saturated heterocycles. The number of ether oxygens (including phenoxy) is 1. The zero-order valence-corrected chi connectivity index (χ0v) is 17.0. The molecule has 1 aromatic carbocycles. The van der Waals surface area contributed by atoms with Crippen LogP contribution in [0.15, 0.2) is 23.3 Å². The predicted octanol–water partition coefficient (Wildman–Crippen LogP) is 3.79. The second kappa shape index (κ2) is 11.6. The summed E-state index contributed by atoms with van der Waals surface area (Å²) in [7, 11) is 0. The lowest BCUT2D eigenvalue weighted by molar-refractivity contribution is -0.145. The van der Waals surface area contributed by atoms with Crippen molar-refractivity contribution in [3.05, 3.63) is 28.2 Å². The average molecular weight is 416 g/mol. The van der Waals surface area contributed by atoms with E-state index >= 15 is 0 Å². The first-order valence-electron chi connectivity index (χ1n) is 8.53. The van der Waals surface area contributed by atoms with E-state index in [4.69, 9.17) is 27.9 Å². The normalized spacial score (nSPS) is 12.3. The molecule has 7 nitrogen and oxygen atoms in total. The number of nitrogens with one attached hydrogen (secondary N) is 2. The number of anilines is 1. The highest BCUT2D eigenvalue weighted by Gasteiger charge is 2.21. The van der Waals surface area contributed by atoms with Crippen molar-refractivity contribution < 1.29 is 19.1 Å². The molecule has 0 spiro atoms. The van der Waals surface area contributed by atoms with Crippen LogP contribution in [0.5, 0.6) is 0 Å². The molecule has 2 amide bonds. The van der Waals surface area contributed by atoms with Gasteiger partial charge in [-0.1, -0.05) is 30.1 Å². The van der Waals surface area contributed by atoms with E-state index in [9.17, 15) is 14.4 Å². The molecule has 27 heavy (non-hydrogen) atoms. The van der Waals surface area contributed by atoms with Gasteiger partial charge in [0.25, 0.3) is 0 Å². The number of halogens is 2. The zero-order valence-electron chi connectivity index (χ0n) is 15.5. The molecule has 0 aliphatic heterocycles. The van der Waals surface area contributed by atoms with E-state index in [0.29, 0.717) is 27.9 Å². The van der Waals surface area contributed by atoms with Crippen LogP contribution in [-0.2, 0) is 19.1 Å². The van der Waals surface area contributed by atoms with Gasteiger partial charge in [-0.3, -0.25) is 14.4 Å². The number of esters is 1. The number of nitrogens with zero attached hydrogens (tertiary/aromatic N) is 1. The molecular formula is C18H23Cl2N3O4. The molecular weight excluding hydrogens is 393 g/mol. The summed E-state index contributed by atoms with van der Waals surface area (Å²) in [6.45, 7) is 5.47. The maximum atomic E-state index is 11.9. The van der Waals surface area contributed by atoms with Crippen LogP contribution in [-0.4, -0.2) is 30.1 Å². The molecule has 1 unspecified atom stereocenters. The minimum atomic E-state index is -0.513. The van der Waals surface area contributed by atoms with Crippen molar-refractivity contribution in [1.29, 1.82) is 0 Å². The maximum absolute atomic E-state index is 11.9. The Labute approximate surface area is 168 Å². The molecule has 9 heteroatoms. The quantitative estimate of drug-likeness (QED) is 0.364. The lowest BCUT2D eigenvalue weighted by Gasteiger charge is -2.13. The first kappa shape index (κ1) is 22.9. The average Bonchev–Trinajstić information content (AvgIpc) is 2.61. The number of benzene rings is 1. The van der Waals surface area contributed by atoms with Crippen molar-refractivity contribution in [2.45, 2.75) is 40.0 Å². The Morgan fingerprint density at radius 1 is 1.15 bits per heavy atom. The van der Waals surface area contributed by atoms with Gasteiger partial charge in [-0.15, -0.1) is 0 Å². The van der Waals surface area contributed by atoms with Gasteiger partial charge in [0.15, 0.2) is 0 Å². The Morgan fingerprint density at radius 3 is 2.41 bits per heavy atom. The Hall–Kier alpha value is -2.12. The number of hydrogen-bond acceptors (Lipinski definition) is 5. The maximum Gasteiger partial charge on any atom is 0.314 e. The van der Waals surface area contributed by atoms with Crippen molar-refractivity contribution in [3.8, 4) is 0 Å². The first-order chi connectivity index (χ1) is 12.8. The van der Waals surface area contributed by atoms with E-state index in [0.717, 1.165) is 0 Å². The summed E-state index contributed by atoms with van der Waals surface area (Å²) in [6.07, 6.45) is 0.396. The standard InChI is InChI=1S/C18H23Cl2N3O4/c1-4-13(18(26)27-5-2)11(3)22-23-17(25)9-8-16(24)21-15-7-6-12(19)10-14(15)20/h6-7,10,13H,4-5,8-9H2,1-3H3,(H,21,24)(H,23,25). The van der Waals surface area contributed by atoms with Gasteiger partial charge in [-0.05, 0) is 38.5 Å². The third-order valence-corrected chi connectivity index (χ3v) is 4.17. The number of hydrazone groups is 1. The second-order valence-electron chi connectivity index (χ2n) is 5.67. The Kier molecular flexibility index (Phi) is 9.82. The highest BCUT2D eigenvalue weighted by atomic mass is 35.5. The van der Waals surface area contributed by atoms with Gasteiger partial charge in [0.2, 0.25) is 11.8 Å². The fourth-order valence-corrected chi connectivity index (χ4v) is 2.65. The summed E-state index contributed by atoms with van der Waals surface area (Å²) in [4.78, 5) is 35.6. The van der Waals surface area contributed by atoms with E-state index in [1.807, 2.05) is 6.92 Å². The first-order valence-corrected chi connectivity index (χ1v) is 9.28. The monoisotopic (exact) mass is 415 g/mol. The van der Waals surface area contributed by atoms with Crippen LogP contribution in [0.3, 0.4) is 0 Å². The van der Waals surface area contributed by atoms with Crippen molar-refractivity contribution in [2.24, 2.45) is 11.0 Å². The van der Waals surface area contributed by atoms with Gasteiger partial charge in [-0.2, -0.15) is 5.10 Å². The summed E-state index contributed by atoms with van der Waals surface area (Å²) >= 11 is 11.8. The van der Waals surface area contributed by atoms with Gasteiger partial charge < -0.3 is 10.1 Å². The summed E-state index contributed by atoms with van der Waals surface area (Å²) in [5, 5.41) is 7.31. The van der Waals surface area contributed by atoms with Crippen molar-refractivity contribution >= 4 is 52.4 Å². The van der Waals surface area contributed by atoms with Gasteiger partial charge in [0.05, 0.1) is 23.2 Å². The van der Waals surface area contributed by atoms with E-state index in [1.165, 1.54) is 6.07 Å². The number of carbonyl (C=O) groups excluding carboxylic acids is 3. The minimum absolute atomic E-state index is 0.0472. The van der Waals surface area contributed by atoms with Crippen LogP contribution >= 0.6 is 23.2 Å². The fraction of sp³-hybridized carbons (Fsp3) is 0.444. The summed E-state index contributed by atoms with van der Waals surface area (Å²) in [5.74, 6) is -1.70. The van der Waals surface area contributed by atoms with E-state index in [2.05, 4.69) is 15.8 Å². The van der Waals surface area contributed by atoms with Crippen molar-refractivity contribution in [1.82, 2.24) is 5.43 Å². The lowest BCUT2D eigenvalue weighted by atomic mass is 10.0.